The predicted molar refractivity (Wildman–Crippen MR) is 127 cm³/mol. The summed E-state index contributed by atoms with van der Waals surface area (Å²) in [5, 5.41) is 11.5. The molecule has 0 spiro atoms. The fourth-order valence-electron chi connectivity index (χ4n) is 3.73. The van der Waals surface area contributed by atoms with Crippen LogP contribution in [0, 0.1) is 6.92 Å². The van der Waals surface area contributed by atoms with Crippen molar-refractivity contribution in [3.05, 3.63) is 58.1 Å². The molecule has 2 aromatic carbocycles. The van der Waals surface area contributed by atoms with Crippen molar-refractivity contribution in [2.24, 2.45) is 4.99 Å². The van der Waals surface area contributed by atoms with Crippen LogP contribution in [0.5, 0.6) is 5.75 Å². The molecule has 1 atom stereocenters. The Morgan fingerprint density at radius 1 is 1.21 bits per heavy atom. The highest BCUT2D eigenvalue weighted by molar-refractivity contribution is 6.30. The maximum absolute atomic E-state index is 14.2. The number of methoxy groups -OCH3 is 1. The van der Waals surface area contributed by atoms with E-state index in [1.807, 2.05) is 31.0 Å². The van der Waals surface area contributed by atoms with Gasteiger partial charge >= 0.3 is 6.18 Å². The molecule has 186 valence electrons. The van der Waals surface area contributed by atoms with E-state index < -0.39 is 23.9 Å². The van der Waals surface area contributed by atoms with E-state index in [-0.39, 0.29) is 17.8 Å². The number of nitrogens with zero attached hydrogens (tertiary/aromatic N) is 2. The molecule has 0 bridgehead atoms. The van der Waals surface area contributed by atoms with Crippen LogP contribution in [0.2, 0.25) is 5.02 Å². The molecule has 34 heavy (non-hydrogen) atoms. The lowest BCUT2D eigenvalue weighted by Gasteiger charge is -2.33. The third-order valence-corrected chi connectivity index (χ3v) is 6.58. The van der Waals surface area contributed by atoms with Crippen LogP contribution in [0.1, 0.15) is 36.5 Å². The maximum Gasteiger partial charge on any atom is 0.423 e. The second kappa shape index (κ2) is 10.1. The summed E-state index contributed by atoms with van der Waals surface area (Å²) in [6.45, 7) is 3.41. The van der Waals surface area contributed by atoms with E-state index >= 15 is 0 Å². The molecule has 2 aromatic rings. The van der Waals surface area contributed by atoms with Crippen molar-refractivity contribution in [3.8, 4) is 5.75 Å². The summed E-state index contributed by atoms with van der Waals surface area (Å²) in [5.41, 5.74) is -2.13. The molecular formula is C25H30ClF3N2O3. The second-order valence-electron chi connectivity index (χ2n) is 8.79. The van der Waals surface area contributed by atoms with E-state index in [2.05, 4.69) is 4.99 Å². The lowest BCUT2D eigenvalue weighted by Crippen LogP contribution is -2.47. The average molecular weight is 499 g/mol. The van der Waals surface area contributed by atoms with Gasteiger partial charge in [-0.05, 0) is 56.0 Å². The summed E-state index contributed by atoms with van der Waals surface area (Å²) in [6.07, 6.45) is -1.82. The van der Waals surface area contributed by atoms with Gasteiger partial charge in [-0.1, -0.05) is 23.7 Å². The monoisotopic (exact) mass is 498 g/mol. The fourth-order valence-corrected chi connectivity index (χ4v) is 3.85. The first-order valence-electron chi connectivity index (χ1n) is 11.0. The number of ether oxygens (including phenoxy) is 2. The molecule has 0 radical (unpaired) electrons. The third-order valence-electron chi connectivity index (χ3n) is 6.32. The number of aryl methyl sites for hydroxylation is 1. The highest BCUT2D eigenvalue weighted by Crippen LogP contribution is 2.50. The first-order chi connectivity index (χ1) is 16.0. The molecule has 1 aliphatic rings. The zero-order chi connectivity index (χ0) is 25.1. The molecule has 0 saturated heterocycles. The third kappa shape index (κ3) is 5.50. The molecule has 9 heteroatoms. The Hall–Kier alpha value is -2.29. The zero-order valence-electron chi connectivity index (χ0n) is 19.7. The molecule has 5 nitrogen and oxygen atoms in total. The van der Waals surface area contributed by atoms with E-state index in [1.54, 1.807) is 25.4 Å². The summed E-state index contributed by atoms with van der Waals surface area (Å²) in [4.78, 5) is 6.16. The van der Waals surface area contributed by atoms with Gasteiger partial charge in [0.1, 0.15) is 5.75 Å². The van der Waals surface area contributed by atoms with Crippen molar-refractivity contribution in [1.29, 1.82) is 0 Å². The molecule has 0 amide bonds. The van der Waals surface area contributed by atoms with Gasteiger partial charge in [-0.2, -0.15) is 13.2 Å². The van der Waals surface area contributed by atoms with Crippen molar-refractivity contribution < 1.29 is 27.8 Å². The Balaban J connectivity index is 1.86. The van der Waals surface area contributed by atoms with Crippen molar-refractivity contribution in [2.75, 3.05) is 33.9 Å². The Morgan fingerprint density at radius 3 is 2.38 bits per heavy atom. The van der Waals surface area contributed by atoms with E-state index in [1.165, 1.54) is 19.2 Å². The topological polar surface area (TPSA) is 54.3 Å². The van der Waals surface area contributed by atoms with E-state index in [4.69, 9.17) is 21.1 Å². The summed E-state index contributed by atoms with van der Waals surface area (Å²) in [5.74, 6) is -0.112. The molecule has 1 unspecified atom stereocenters. The molecule has 0 heterocycles. The number of hydrogen-bond donors (Lipinski definition) is 1. The van der Waals surface area contributed by atoms with Gasteiger partial charge in [0.05, 0.1) is 32.3 Å². The average Bonchev–Trinajstić information content (AvgIpc) is 3.58. The summed E-state index contributed by atoms with van der Waals surface area (Å²) in [6, 6.07) is 9.88. The molecule has 1 N–H and O–H groups in total. The summed E-state index contributed by atoms with van der Waals surface area (Å²) in [7, 11) is 3.10. The zero-order valence-corrected chi connectivity index (χ0v) is 20.5. The Bertz CT molecular complexity index is 1020. The maximum atomic E-state index is 14.2. The number of halogens is 4. The van der Waals surface area contributed by atoms with Crippen LogP contribution in [0.4, 0.5) is 18.9 Å². The Kier molecular flexibility index (Phi) is 7.85. The van der Waals surface area contributed by atoms with Gasteiger partial charge in [0, 0.05) is 35.7 Å². The fraction of sp³-hybridized carbons (Fsp3) is 0.480. The van der Waals surface area contributed by atoms with Crippen LogP contribution in [0.25, 0.3) is 0 Å². The Morgan fingerprint density at radius 2 is 1.85 bits per heavy atom. The lowest BCUT2D eigenvalue weighted by molar-refractivity contribution is -0.282. The predicted octanol–water partition coefficient (Wildman–Crippen LogP) is 5.77. The molecule has 3 rings (SSSR count). The minimum absolute atomic E-state index is 0.0556. The summed E-state index contributed by atoms with van der Waals surface area (Å²) >= 11 is 5.95. The van der Waals surface area contributed by atoms with Crippen LogP contribution in [-0.2, 0) is 15.8 Å². The van der Waals surface area contributed by atoms with Crippen molar-refractivity contribution in [2.45, 2.75) is 43.9 Å². The number of benzene rings is 2. The largest absolute Gasteiger partial charge is 0.496 e. The van der Waals surface area contributed by atoms with Crippen LogP contribution in [-0.4, -0.2) is 56.4 Å². The van der Waals surface area contributed by atoms with Gasteiger partial charge in [-0.25, -0.2) is 4.99 Å². The van der Waals surface area contributed by atoms with Gasteiger partial charge in [0.25, 0.3) is 0 Å². The summed E-state index contributed by atoms with van der Waals surface area (Å²) < 4.78 is 53.4. The van der Waals surface area contributed by atoms with E-state index in [0.29, 0.717) is 16.3 Å². The number of aliphatic imine (C=N–C) groups is 1. The van der Waals surface area contributed by atoms with Crippen molar-refractivity contribution in [3.63, 3.8) is 0 Å². The van der Waals surface area contributed by atoms with Crippen LogP contribution < -0.4 is 4.74 Å². The number of alkyl halides is 3. The quantitative estimate of drug-likeness (QED) is 0.334. The first-order valence-corrected chi connectivity index (χ1v) is 11.4. The van der Waals surface area contributed by atoms with Gasteiger partial charge in [0.15, 0.2) is 0 Å². The SMILES string of the molecule is CCN(C)C=Nc1cc(OC)c(C(O)(COCC2(c3ccc(Cl)cc3)CC2)C(F)(F)F)cc1C. The minimum atomic E-state index is -4.99. The molecule has 1 saturated carbocycles. The van der Waals surface area contributed by atoms with Crippen molar-refractivity contribution >= 4 is 23.6 Å². The molecule has 1 aliphatic carbocycles. The number of aliphatic hydroxyl groups is 1. The minimum Gasteiger partial charge on any atom is -0.496 e. The van der Waals surface area contributed by atoms with Crippen LogP contribution in [0.15, 0.2) is 41.4 Å². The second-order valence-corrected chi connectivity index (χ2v) is 9.23. The first kappa shape index (κ1) is 26.3. The molecular weight excluding hydrogens is 469 g/mol. The van der Waals surface area contributed by atoms with E-state index in [0.717, 1.165) is 24.9 Å². The van der Waals surface area contributed by atoms with Gasteiger partial charge in [-0.15, -0.1) is 0 Å². The van der Waals surface area contributed by atoms with Gasteiger partial charge in [0.2, 0.25) is 5.60 Å². The lowest BCUT2D eigenvalue weighted by atomic mass is 9.90. The molecule has 0 aliphatic heterocycles. The number of rotatable bonds is 10. The van der Waals surface area contributed by atoms with E-state index in [9.17, 15) is 18.3 Å². The highest BCUT2D eigenvalue weighted by atomic mass is 35.5. The van der Waals surface area contributed by atoms with Gasteiger partial charge < -0.3 is 19.5 Å². The smallest absolute Gasteiger partial charge is 0.423 e. The molecule has 0 aromatic heterocycles. The standard InChI is InChI=1S/C25H30ClF3N2O3/c1-5-31(3)16-30-21-13-22(33-4)20(12-17(21)2)24(32,25(27,28)29)15-34-14-23(10-11-23)18-6-8-19(26)9-7-18/h6-9,12-13,16,32H,5,10-11,14-15H2,1-4H3. The normalized spacial score (nSPS) is 17.0. The van der Waals surface area contributed by atoms with Crippen molar-refractivity contribution in [1.82, 2.24) is 4.90 Å². The molecule has 1 fully saturated rings. The Labute approximate surface area is 203 Å². The van der Waals surface area contributed by atoms with Gasteiger partial charge in [-0.3, -0.25) is 0 Å². The van der Waals surface area contributed by atoms with Crippen LogP contribution in [0.3, 0.4) is 0 Å². The van der Waals surface area contributed by atoms with Crippen LogP contribution >= 0.6 is 11.6 Å². The highest BCUT2D eigenvalue weighted by Gasteiger charge is 2.57. The number of hydrogen-bond acceptors (Lipinski definition) is 4.